The molecule has 0 spiro atoms. The van der Waals surface area contributed by atoms with Crippen molar-refractivity contribution in [1.29, 1.82) is 0 Å². The third kappa shape index (κ3) is 3.09. The van der Waals surface area contributed by atoms with Crippen LogP contribution in [0.2, 0.25) is 0 Å². The predicted octanol–water partition coefficient (Wildman–Crippen LogP) is 2.53. The van der Waals surface area contributed by atoms with E-state index in [0.717, 1.165) is 23.6 Å². The first-order valence-corrected chi connectivity index (χ1v) is 5.19. The number of nitrogens with one attached hydrogen (secondary N) is 1. The van der Waals surface area contributed by atoms with Crippen LogP contribution in [0.25, 0.3) is 0 Å². The van der Waals surface area contributed by atoms with Crippen LogP contribution in [0.15, 0.2) is 18.2 Å². The Hall–Kier alpha value is -1.82. The quantitative estimate of drug-likeness (QED) is 0.772. The largest absolute Gasteiger partial charge is 0.497 e. The van der Waals surface area contributed by atoms with Crippen molar-refractivity contribution in [2.24, 2.45) is 0 Å². The number of anilines is 1. The van der Waals surface area contributed by atoms with Crippen molar-refractivity contribution in [3.05, 3.63) is 18.2 Å². The Bertz CT molecular complexity index is 360. The molecule has 16 heavy (non-hydrogen) atoms. The molecule has 0 saturated carbocycles. The molecule has 0 heterocycles. The van der Waals surface area contributed by atoms with Crippen molar-refractivity contribution in [1.82, 2.24) is 0 Å². The molecule has 0 saturated heterocycles. The molecule has 86 valence electrons. The lowest BCUT2D eigenvalue weighted by molar-refractivity contribution is 0.394. The Kier molecular flexibility index (Phi) is 4.53. The highest BCUT2D eigenvalue weighted by molar-refractivity contribution is 5.55. The maximum Gasteiger partial charge on any atom is 0.124 e. The van der Waals surface area contributed by atoms with Gasteiger partial charge in [0.2, 0.25) is 0 Å². The zero-order valence-electron chi connectivity index (χ0n) is 9.91. The molecule has 0 amide bonds. The van der Waals surface area contributed by atoms with Crippen molar-refractivity contribution >= 4 is 5.69 Å². The molecular weight excluding hydrogens is 202 g/mol. The van der Waals surface area contributed by atoms with Gasteiger partial charge in [0.1, 0.15) is 11.5 Å². The van der Waals surface area contributed by atoms with E-state index in [1.807, 2.05) is 25.1 Å². The van der Waals surface area contributed by atoms with E-state index >= 15 is 0 Å². The Balaban J connectivity index is 2.91. The molecule has 1 aromatic rings. The van der Waals surface area contributed by atoms with Crippen molar-refractivity contribution < 1.29 is 9.47 Å². The minimum absolute atomic E-state index is 0.0248. The van der Waals surface area contributed by atoms with Gasteiger partial charge in [-0.25, -0.2) is 0 Å². The van der Waals surface area contributed by atoms with Crippen molar-refractivity contribution in [3.63, 3.8) is 0 Å². The SMILES string of the molecule is C#CC(CC)Nc1cc(OC)cc(OC)c1. The van der Waals surface area contributed by atoms with Crippen LogP contribution in [0.4, 0.5) is 5.69 Å². The van der Waals surface area contributed by atoms with E-state index in [9.17, 15) is 0 Å². The first kappa shape index (κ1) is 12.3. The smallest absolute Gasteiger partial charge is 0.124 e. The third-order valence-electron chi connectivity index (χ3n) is 2.30. The van der Waals surface area contributed by atoms with Crippen molar-refractivity contribution in [2.75, 3.05) is 19.5 Å². The maximum atomic E-state index is 5.40. The van der Waals surface area contributed by atoms with Gasteiger partial charge < -0.3 is 14.8 Å². The fraction of sp³-hybridized carbons (Fsp3) is 0.385. The molecular formula is C13H17NO2. The molecule has 0 radical (unpaired) electrons. The molecule has 1 aromatic carbocycles. The highest BCUT2D eigenvalue weighted by atomic mass is 16.5. The first-order chi connectivity index (χ1) is 7.73. The van der Waals surface area contributed by atoms with Gasteiger partial charge >= 0.3 is 0 Å². The Labute approximate surface area is 96.8 Å². The number of ether oxygens (including phenoxy) is 2. The monoisotopic (exact) mass is 219 g/mol. The van der Waals surface area contributed by atoms with Crippen LogP contribution in [0.1, 0.15) is 13.3 Å². The van der Waals surface area contributed by atoms with Crippen molar-refractivity contribution in [2.45, 2.75) is 19.4 Å². The fourth-order valence-electron chi connectivity index (χ4n) is 1.35. The molecule has 3 nitrogen and oxygen atoms in total. The lowest BCUT2D eigenvalue weighted by atomic mass is 10.2. The summed E-state index contributed by atoms with van der Waals surface area (Å²) in [6.07, 6.45) is 6.27. The van der Waals surface area contributed by atoms with E-state index in [0.29, 0.717) is 0 Å². The van der Waals surface area contributed by atoms with E-state index < -0.39 is 0 Å². The van der Waals surface area contributed by atoms with Gasteiger partial charge in [-0.15, -0.1) is 6.42 Å². The molecule has 1 N–H and O–H groups in total. The van der Waals surface area contributed by atoms with Gasteiger partial charge in [0.05, 0.1) is 20.3 Å². The molecule has 0 aliphatic heterocycles. The molecule has 0 aliphatic carbocycles. The molecule has 1 atom stereocenters. The summed E-state index contributed by atoms with van der Waals surface area (Å²) in [7, 11) is 3.24. The highest BCUT2D eigenvalue weighted by Crippen LogP contribution is 2.26. The molecule has 1 unspecified atom stereocenters. The van der Waals surface area contributed by atoms with E-state index in [2.05, 4.69) is 11.2 Å². The molecule has 1 rings (SSSR count). The van der Waals surface area contributed by atoms with E-state index in [1.54, 1.807) is 14.2 Å². The number of benzene rings is 1. The number of methoxy groups -OCH3 is 2. The van der Waals surface area contributed by atoms with Crippen LogP contribution < -0.4 is 14.8 Å². The lowest BCUT2D eigenvalue weighted by Gasteiger charge is -2.14. The number of rotatable bonds is 5. The number of hydrogen-bond donors (Lipinski definition) is 1. The van der Waals surface area contributed by atoms with Crippen LogP contribution in [0, 0.1) is 12.3 Å². The predicted molar refractivity (Wildman–Crippen MR) is 66.1 cm³/mol. The van der Waals surface area contributed by atoms with Gasteiger partial charge in [0, 0.05) is 23.9 Å². The standard InChI is InChI=1S/C13H17NO2/c1-5-10(6-2)14-11-7-12(15-3)9-13(8-11)16-4/h1,7-10,14H,6H2,2-4H3. The van der Waals surface area contributed by atoms with Crippen LogP contribution in [0.5, 0.6) is 11.5 Å². The second-order valence-corrected chi connectivity index (χ2v) is 3.37. The maximum absolute atomic E-state index is 5.40. The Morgan fingerprint density at radius 3 is 2.19 bits per heavy atom. The van der Waals surface area contributed by atoms with E-state index in [1.165, 1.54) is 0 Å². The normalized spacial score (nSPS) is 11.4. The summed E-state index contributed by atoms with van der Waals surface area (Å²) in [4.78, 5) is 0. The zero-order valence-corrected chi connectivity index (χ0v) is 9.91. The van der Waals surface area contributed by atoms with Gasteiger partial charge in [0.15, 0.2) is 0 Å². The number of terminal acetylenes is 1. The summed E-state index contributed by atoms with van der Waals surface area (Å²) in [5.41, 5.74) is 0.904. The molecule has 3 heteroatoms. The fourth-order valence-corrected chi connectivity index (χ4v) is 1.35. The van der Waals surface area contributed by atoms with Crippen LogP contribution >= 0.6 is 0 Å². The first-order valence-electron chi connectivity index (χ1n) is 5.19. The third-order valence-corrected chi connectivity index (χ3v) is 2.30. The zero-order chi connectivity index (χ0) is 12.0. The van der Waals surface area contributed by atoms with Crippen molar-refractivity contribution in [3.8, 4) is 23.8 Å². The summed E-state index contributed by atoms with van der Waals surface area (Å²) < 4.78 is 10.3. The Morgan fingerprint density at radius 1 is 1.25 bits per heavy atom. The minimum Gasteiger partial charge on any atom is -0.497 e. The van der Waals surface area contributed by atoms with Crippen LogP contribution in [-0.4, -0.2) is 20.3 Å². The summed E-state index contributed by atoms with van der Waals surface area (Å²) in [5, 5.41) is 3.23. The van der Waals surface area contributed by atoms with Gasteiger partial charge in [0.25, 0.3) is 0 Å². The molecule has 0 aromatic heterocycles. The van der Waals surface area contributed by atoms with Gasteiger partial charge in [-0.1, -0.05) is 12.8 Å². The molecule has 0 fully saturated rings. The minimum atomic E-state index is 0.0248. The van der Waals surface area contributed by atoms with E-state index in [-0.39, 0.29) is 6.04 Å². The average Bonchev–Trinajstić information content (AvgIpc) is 2.35. The van der Waals surface area contributed by atoms with E-state index in [4.69, 9.17) is 15.9 Å². The van der Waals surface area contributed by atoms with Gasteiger partial charge in [-0.05, 0) is 6.42 Å². The topological polar surface area (TPSA) is 30.5 Å². The average molecular weight is 219 g/mol. The molecule has 0 aliphatic rings. The van der Waals surface area contributed by atoms with Crippen LogP contribution in [-0.2, 0) is 0 Å². The molecule has 0 bridgehead atoms. The second-order valence-electron chi connectivity index (χ2n) is 3.37. The summed E-state index contributed by atoms with van der Waals surface area (Å²) in [6.45, 7) is 2.04. The summed E-state index contributed by atoms with van der Waals surface area (Å²) >= 11 is 0. The number of hydrogen-bond acceptors (Lipinski definition) is 3. The summed E-state index contributed by atoms with van der Waals surface area (Å²) in [6, 6.07) is 5.63. The lowest BCUT2D eigenvalue weighted by Crippen LogP contribution is -2.15. The van der Waals surface area contributed by atoms with Gasteiger partial charge in [-0.2, -0.15) is 0 Å². The van der Waals surface area contributed by atoms with Gasteiger partial charge in [-0.3, -0.25) is 0 Å². The highest BCUT2D eigenvalue weighted by Gasteiger charge is 2.05. The van der Waals surface area contributed by atoms with Crippen LogP contribution in [0.3, 0.4) is 0 Å². The Morgan fingerprint density at radius 2 is 1.81 bits per heavy atom. The summed E-state index contributed by atoms with van der Waals surface area (Å²) in [5.74, 6) is 4.17. The second kappa shape index (κ2) is 5.92.